The van der Waals surface area contributed by atoms with Gasteiger partial charge in [0.2, 0.25) is 10.0 Å². The van der Waals surface area contributed by atoms with Crippen LogP contribution in [0.25, 0.3) is 10.9 Å². The Morgan fingerprint density at radius 1 is 1.16 bits per heavy atom. The minimum Gasteiger partial charge on any atom is -0.494 e. The zero-order valence-electron chi connectivity index (χ0n) is 29.0. The molecule has 1 aromatic heterocycles. The van der Waals surface area contributed by atoms with Crippen LogP contribution >= 0.6 is 0 Å². The SMILES string of the molecule is CC(C)CN(C[C@@H](O)[C@H](Cc1ccccc1)NC(=O)O[C@H]1CO[C@@H]2OCC[C@@H]21)S(=O)(=O)c1ccc2c(C=NCCC(C)(C)C)c(O)[nH]c2c1. The standard InChI is InChI=1S/C36H50N4O8S/c1-23(2)20-40(49(44,45)25-11-12-26-28(33(42)38-29(26)18-25)19-37-15-14-36(3,4)5)21-31(41)30(17-24-9-7-6-8-10-24)39-35(43)48-32-22-47-34-27(32)13-16-46-34/h6-12,18-19,23,27,30-32,34,38,41-42H,13-17,20-22H2,1-5H3,(H,39,43)/t27-,30+,31-,32+,34+/m1/s1. The third kappa shape index (κ3) is 9.40. The van der Waals surface area contributed by atoms with Crippen LogP contribution in [0.1, 0.15) is 58.6 Å². The Morgan fingerprint density at radius 3 is 2.63 bits per heavy atom. The van der Waals surface area contributed by atoms with Crippen molar-refractivity contribution in [3.8, 4) is 5.88 Å². The van der Waals surface area contributed by atoms with E-state index in [0.29, 0.717) is 29.6 Å². The maximum atomic E-state index is 14.2. The molecule has 5 atom stereocenters. The van der Waals surface area contributed by atoms with Crippen molar-refractivity contribution in [1.29, 1.82) is 0 Å². The van der Waals surface area contributed by atoms with E-state index < -0.39 is 34.4 Å². The Balaban J connectivity index is 1.35. The van der Waals surface area contributed by atoms with Gasteiger partial charge in [0.05, 0.1) is 47.3 Å². The van der Waals surface area contributed by atoms with Crippen molar-refractivity contribution in [1.82, 2.24) is 14.6 Å². The number of rotatable bonds is 14. The Hall–Kier alpha value is -3.49. The first kappa shape index (κ1) is 36.8. The topological polar surface area (TPSA) is 163 Å². The van der Waals surface area contributed by atoms with Crippen LogP contribution in [0.3, 0.4) is 0 Å². The number of aromatic amines is 1. The Kier molecular flexibility index (Phi) is 11.7. The second-order valence-electron chi connectivity index (χ2n) is 14.6. The fourth-order valence-electron chi connectivity index (χ4n) is 6.22. The smallest absolute Gasteiger partial charge is 0.407 e. The first-order valence-electron chi connectivity index (χ1n) is 17.0. The molecular formula is C36H50N4O8S. The lowest BCUT2D eigenvalue weighted by Crippen LogP contribution is -2.51. The number of aliphatic imine (C=N–C) groups is 1. The molecule has 2 aliphatic rings. The van der Waals surface area contributed by atoms with Crippen LogP contribution in [0, 0.1) is 17.3 Å². The molecule has 2 aromatic carbocycles. The van der Waals surface area contributed by atoms with Crippen molar-refractivity contribution in [2.75, 3.05) is 32.8 Å². The lowest BCUT2D eigenvalue weighted by Gasteiger charge is -2.31. The Morgan fingerprint density at radius 2 is 1.92 bits per heavy atom. The molecule has 0 saturated carbocycles. The summed E-state index contributed by atoms with van der Waals surface area (Å²) in [6.45, 7) is 11.4. The average molecular weight is 699 g/mol. The summed E-state index contributed by atoms with van der Waals surface area (Å²) in [5, 5.41) is 25.7. The monoisotopic (exact) mass is 698 g/mol. The molecule has 3 aromatic rings. The van der Waals surface area contributed by atoms with E-state index in [1.807, 2.05) is 44.2 Å². The number of aliphatic hydroxyl groups excluding tert-OH is 1. The molecule has 0 aliphatic carbocycles. The molecule has 49 heavy (non-hydrogen) atoms. The van der Waals surface area contributed by atoms with E-state index in [2.05, 4.69) is 36.1 Å². The van der Waals surface area contributed by atoms with Gasteiger partial charge in [-0.1, -0.05) is 71.0 Å². The third-order valence-electron chi connectivity index (χ3n) is 8.91. The predicted octanol–water partition coefficient (Wildman–Crippen LogP) is 4.84. The number of hydrogen-bond donors (Lipinski definition) is 4. The van der Waals surface area contributed by atoms with Crippen molar-refractivity contribution >= 4 is 33.2 Å². The number of aliphatic hydroxyl groups is 1. The molecule has 2 fully saturated rings. The first-order chi connectivity index (χ1) is 23.2. The fourth-order valence-corrected chi connectivity index (χ4v) is 7.86. The molecule has 13 heteroatoms. The van der Waals surface area contributed by atoms with Gasteiger partial charge in [0, 0.05) is 31.2 Å². The van der Waals surface area contributed by atoms with Gasteiger partial charge in [-0.25, -0.2) is 13.2 Å². The van der Waals surface area contributed by atoms with Crippen LogP contribution in [0.5, 0.6) is 5.88 Å². The van der Waals surface area contributed by atoms with Gasteiger partial charge in [-0.05, 0) is 48.3 Å². The van der Waals surface area contributed by atoms with Gasteiger partial charge in [0.15, 0.2) is 12.2 Å². The molecular weight excluding hydrogens is 648 g/mol. The normalized spacial score (nSPS) is 21.1. The predicted molar refractivity (Wildman–Crippen MR) is 187 cm³/mol. The number of aromatic nitrogens is 1. The van der Waals surface area contributed by atoms with E-state index in [1.54, 1.807) is 12.3 Å². The van der Waals surface area contributed by atoms with Crippen LogP contribution in [0.15, 0.2) is 58.4 Å². The number of carbonyl (C=O) groups is 1. The number of carbonyl (C=O) groups excluding carboxylic acids is 1. The zero-order chi connectivity index (χ0) is 35.3. The van der Waals surface area contributed by atoms with Crippen molar-refractivity contribution in [3.05, 3.63) is 59.7 Å². The molecule has 0 radical (unpaired) electrons. The summed E-state index contributed by atoms with van der Waals surface area (Å²) in [5.41, 5.74) is 1.91. The van der Waals surface area contributed by atoms with Crippen LogP contribution < -0.4 is 5.32 Å². The largest absolute Gasteiger partial charge is 0.494 e. The molecule has 0 spiro atoms. The molecule has 1 amide bonds. The number of amides is 1. The molecule has 4 N–H and O–H groups in total. The maximum absolute atomic E-state index is 14.2. The summed E-state index contributed by atoms with van der Waals surface area (Å²) >= 11 is 0. The highest BCUT2D eigenvalue weighted by atomic mass is 32.2. The second kappa shape index (κ2) is 15.6. The molecule has 3 heterocycles. The van der Waals surface area contributed by atoms with Crippen molar-refractivity contribution in [3.63, 3.8) is 0 Å². The highest BCUT2D eigenvalue weighted by Crippen LogP contribution is 2.33. The van der Waals surface area contributed by atoms with E-state index in [9.17, 15) is 23.4 Å². The number of benzene rings is 2. The summed E-state index contributed by atoms with van der Waals surface area (Å²) in [6.07, 6.45) is 0.606. The zero-order valence-corrected chi connectivity index (χ0v) is 29.8. The number of H-pyrrole nitrogens is 1. The third-order valence-corrected chi connectivity index (χ3v) is 10.7. The maximum Gasteiger partial charge on any atom is 0.407 e. The minimum atomic E-state index is -4.12. The van der Waals surface area contributed by atoms with Crippen molar-refractivity contribution < 1.29 is 37.6 Å². The van der Waals surface area contributed by atoms with Gasteiger partial charge in [0.25, 0.3) is 0 Å². The fraction of sp³-hybridized carbons (Fsp3) is 0.556. The van der Waals surface area contributed by atoms with Crippen molar-refractivity contribution in [2.24, 2.45) is 22.2 Å². The number of hydrogen-bond acceptors (Lipinski definition) is 9. The number of nitrogens with one attached hydrogen (secondary N) is 2. The van der Waals surface area contributed by atoms with Gasteiger partial charge in [0.1, 0.15) is 6.10 Å². The number of nitrogens with zero attached hydrogens (tertiary/aromatic N) is 2. The summed E-state index contributed by atoms with van der Waals surface area (Å²) in [6, 6.07) is 13.1. The highest BCUT2D eigenvalue weighted by Gasteiger charge is 2.44. The number of aromatic hydroxyl groups is 1. The molecule has 0 bridgehead atoms. The molecule has 12 nitrogen and oxygen atoms in total. The van der Waals surface area contributed by atoms with E-state index in [-0.39, 0.29) is 60.4 Å². The van der Waals surface area contributed by atoms with E-state index in [0.717, 1.165) is 18.4 Å². The minimum absolute atomic E-state index is 0.00636. The quantitative estimate of drug-likeness (QED) is 0.174. The lowest BCUT2D eigenvalue weighted by molar-refractivity contribution is -0.0907. The molecule has 2 aliphatic heterocycles. The highest BCUT2D eigenvalue weighted by molar-refractivity contribution is 7.89. The van der Waals surface area contributed by atoms with E-state index in [4.69, 9.17) is 14.2 Å². The Bertz CT molecular complexity index is 1700. The lowest BCUT2D eigenvalue weighted by atomic mass is 9.92. The van der Waals surface area contributed by atoms with E-state index in [1.165, 1.54) is 16.4 Å². The number of sulfonamides is 1. The van der Waals surface area contributed by atoms with Gasteiger partial charge < -0.3 is 34.7 Å². The molecule has 2 saturated heterocycles. The van der Waals surface area contributed by atoms with Gasteiger partial charge in [-0.3, -0.25) is 4.99 Å². The van der Waals surface area contributed by atoms with Crippen LogP contribution in [0.2, 0.25) is 0 Å². The summed E-state index contributed by atoms with van der Waals surface area (Å²) < 4.78 is 46.4. The number of fused-ring (bicyclic) bond motifs is 2. The molecule has 268 valence electrons. The van der Waals surface area contributed by atoms with Crippen molar-refractivity contribution in [2.45, 2.75) is 83.3 Å². The first-order valence-corrected chi connectivity index (χ1v) is 18.4. The van der Waals surface area contributed by atoms with Crippen LogP contribution in [-0.4, -0.2) is 97.6 Å². The van der Waals surface area contributed by atoms with Gasteiger partial charge >= 0.3 is 6.09 Å². The van der Waals surface area contributed by atoms with Crippen LogP contribution in [0.4, 0.5) is 4.79 Å². The number of alkyl carbamates (subject to hydrolysis) is 1. The summed E-state index contributed by atoms with van der Waals surface area (Å²) in [7, 11) is -4.12. The summed E-state index contributed by atoms with van der Waals surface area (Å²) in [4.78, 5) is 20.5. The Labute approximate surface area is 288 Å². The molecule has 5 rings (SSSR count). The van der Waals surface area contributed by atoms with E-state index >= 15 is 0 Å². The summed E-state index contributed by atoms with van der Waals surface area (Å²) in [5.74, 6) is -0.211. The second-order valence-corrected chi connectivity index (χ2v) is 16.6. The van der Waals surface area contributed by atoms with Gasteiger partial charge in [-0.15, -0.1) is 0 Å². The van der Waals surface area contributed by atoms with Crippen LogP contribution in [-0.2, 0) is 30.7 Å². The van der Waals surface area contributed by atoms with Gasteiger partial charge in [-0.2, -0.15) is 4.31 Å². The molecule has 0 unspecified atom stereocenters. The number of ether oxygens (including phenoxy) is 3. The average Bonchev–Trinajstić information content (AvgIpc) is 3.73.